The van der Waals surface area contributed by atoms with Gasteiger partial charge in [-0.3, -0.25) is 9.48 Å². The molecule has 0 aliphatic carbocycles. The lowest BCUT2D eigenvalue weighted by Gasteiger charge is -2.15. The first-order valence-electron chi connectivity index (χ1n) is 6.26. The van der Waals surface area contributed by atoms with E-state index in [2.05, 4.69) is 21.0 Å². The van der Waals surface area contributed by atoms with Gasteiger partial charge in [0, 0.05) is 25.2 Å². The first kappa shape index (κ1) is 13.6. The van der Waals surface area contributed by atoms with E-state index >= 15 is 0 Å². The SMILES string of the molecule is Cn1ncc(Br)c1CC(=O)N1Cc2cccc(Cl)c2C1. The maximum absolute atomic E-state index is 12.4. The van der Waals surface area contributed by atoms with E-state index in [1.807, 2.05) is 30.1 Å². The summed E-state index contributed by atoms with van der Waals surface area (Å²) in [5, 5.41) is 4.86. The van der Waals surface area contributed by atoms with Crippen LogP contribution in [-0.4, -0.2) is 20.6 Å². The van der Waals surface area contributed by atoms with Crippen LogP contribution in [0.5, 0.6) is 0 Å². The van der Waals surface area contributed by atoms with E-state index in [1.54, 1.807) is 10.9 Å². The Labute approximate surface area is 130 Å². The lowest BCUT2D eigenvalue weighted by atomic mass is 10.1. The number of amides is 1. The Kier molecular flexibility index (Phi) is 3.56. The van der Waals surface area contributed by atoms with Gasteiger partial charge in [0.15, 0.2) is 0 Å². The van der Waals surface area contributed by atoms with E-state index < -0.39 is 0 Å². The molecular formula is C14H13BrClN3O. The number of halogens is 2. The molecule has 0 atom stereocenters. The first-order valence-corrected chi connectivity index (χ1v) is 7.44. The number of nitrogens with zero attached hydrogens (tertiary/aromatic N) is 3. The summed E-state index contributed by atoms with van der Waals surface area (Å²) in [4.78, 5) is 14.2. The van der Waals surface area contributed by atoms with Gasteiger partial charge in [-0.05, 0) is 33.1 Å². The molecule has 1 aliphatic rings. The number of carbonyl (C=O) groups excluding carboxylic acids is 1. The van der Waals surface area contributed by atoms with Gasteiger partial charge < -0.3 is 4.90 Å². The van der Waals surface area contributed by atoms with Crippen LogP contribution in [0.25, 0.3) is 0 Å². The third-order valence-corrected chi connectivity index (χ3v) is 4.62. The highest BCUT2D eigenvalue weighted by Crippen LogP contribution is 2.29. The Bertz CT molecular complexity index is 664. The van der Waals surface area contributed by atoms with Crippen LogP contribution in [0, 0.1) is 0 Å². The van der Waals surface area contributed by atoms with Crippen LogP contribution in [0.2, 0.25) is 5.02 Å². The number of aryl methyl sites for hydroxylation is 1. The van der Waals surface area contributed by atoms with Gasteiger partial charge in [0.25, 0.3) is 0 Å². The van der Waals surface area contributed by atoms with Crippen LogP contribution in [0.15, 0.2) is 28.9 Å². The second kappa shape index (κ2) is 5.22. The minimum absolute atomic E-state index is 0.0848. The van der Waals surface area contributed by atoms with E-state index in [4.69, 9.17) is 11.6 Å². The van der Waals surface area contributed by atoms with Crippen LogP contribution in [0.4, 0.5) is 0 Å². The largest absolute Gasteiger partial charge is 0.334 e. The number of benzene rings is 1. The Morgan fingerprint density at radius 3 is 2.90 bits per heavy atom. The number of carbonyl (C=O) groups is 1. The summed E-state index contributed by atoms with van der Waals surface area (Å²) >= 11 is 9.59. The van der Waals surface area contributed by atoms with Crippen LogP contribution in [0.1, 0.15) is 16.8 Å². The van der Waals surface area contributed by atoms with Crippen molar-refractivity contribution in [2.24, 2.45) is 7.05 Å². The molecule has 2 heterocycles. The van der Waals surface area contributed by atoms with Gasteiger partial charge in [-0.25, -0.2) is 0 Å². The zero-order valence-electron chi connectivity index (χ0n) is 10.9. The Morgan fingerprint density at radius 2 is 2.25 bits per heavy atom. The van der Waals surface area contributed by atoms with Crippen LogP contribution in [-0.2, 0) is 31.4 Å². The van der Waals surface area contributed by atoms with Gasteiger partial charge >= 0.3 is 0 Å². The first-order chi connectivity index (χ1) is 9.56. The average molecular weight is 355 g/mol. The molecule has 0 spiro atoms. The minimum atomic E-state index is 0.0848. The monoisotopic (exact) mass is 353 g/mol. The van der Waals surface area contributed by atoms with Crippen LogP contribution >= 0.6 is 27.5 Å². The second-order valence-electron chi connectivity index (χ2n) is 4.87. The van der Waals surface area contributed by atoms with Gasteiger partial charge in [0.1, 0.15) is 0 Å². The zero-order chi connectivity index (χ0) is 14.3. The van der Waals surface area contributed by atoms with Crippen molar-refractivity contribution in [1.29, 1.82) is 0 Å². The topological polar surface area (TPSA) is 38.1 Å². The van der Waals surface area contributed by atoms with Crippen molar-refractivity contribution in [3.8, 4) is 0 Å². The number of hydrogen-bond donors (Lipinski definition) is 0. The molecule has 0 fully saturated rings. The number of hydrogen-bond acceptors (Lipinski definition) is 2. The Balaban J connectivity index is 1.77. The lowest BCUT2D eigenvalue weighted by molar-refractivity contribution is -0.131. The molecule has 0 saturated heterocycles. The summed E-state index contributed by atoms with van der Waals surface area (Å²) in [6.45, 7) is 1.22. The summed E-state index contributed by atoms with van der Waals surface area (Å²) in [5.74, 6) is 0.0848. The summed E-state index contributed by atoms with van der Waals surface area (Å²) in [5.41, 5.74) is 3.08. The fraction of sp³-hybridized carbons (Fsp3) is 0.286. The minimum Gasteiger partial charge on any atom is -0.334 e. The maximum Gasteiger partial charge on any atom is 0.229 e. The van der Waals surface area contributed by atoms with Crippen molar-refractivity contribution in [2.75, 3.05) is 0 Å². The second-order valence-corrected chi connectivity index (χ2v) is 6.13. The molecule has 20 heavy (non-hydrogen) atoms. The standard InChI is InChI=1S/C14H13BrClN3O/c1-18-13(11(15)6-17-18)5-14(20)19-7-9-3-2-4-12(16)10(9)8-19/h2-4,6H,5,7-8H2,1H3. The van der Waals surface area contributed by atoms with E-state index in [1.165, 1.54) is 0 Å². The highest BCUT2D eigenvalue weighted by Gasteiger charge is 2.26. The molecule has 0 radical (unpaired) electrons. The zero-order valence-corrected chi connectivity index (χ0v) is 13.3. The number of rotatable bonds is 2. The fourth-order valence-electron chi connectivity index (χ4n) is 2.45. The molecule has 0 N–H and O–H groups in total. The molecular weight excluding hydrogens is 342 g/mol. The van der Waals surface area contributed by atoms with E-state index in [0.29, 0.717) is 19.5 Å². The summed E-state index contributed by atoms with van der Waals surface area (Å²) in [6, 6.07) is 5.81. The predicted molar refractivity (Wildman–Crippen MR) is 80.3 cm³/mol. The van der Waals surface area contributed by atoms with Crippen LogP contribution in [0.3, 0.4) is 0 Å². The van der Waals surface area contributed by atoms with Crippen molar-refractivity contribution < 1.29 is 4.79 Å². The van der Waals surface area contributed by atoms with Gasteiger partial charge in [0.05, 0.1) is 22.8 Å². The van der Waals surface area contributed by atoms with E-state index in [-0.39, 0.29) is 5.91 Å². The molecule has 104 valence electrons. The quantitative estimate of drug-likeness (QED) is 0.832. The summed E-state index contributed by atoms with van der Waals surface area (Å²) in [7, 11) is 1.84. The van der Waals surface area contributed by atoms with Crippen molar-refractivity contribution in [2.45, 2.75) is 19.5 Å². The Morgan fingerprint density at radius 1 is 1.45 bits per heavy atom. The molecule has 6 heteroatoms. The molecule has 0 saturated carbocycles. The molecule has 1 aliphatic heterocycles. The molecule has 2 aromatic rings. The maximum atomic E-state index is 12.4. The number of aromatic nitrogens is 2. The molecule has 0 bridgehead atoms. The fourth-order valence-corrected chi connectivity index (χ4v) is 3.19. The summed E-state index contributed by atoms with van der Waals surface area (Å²) < 4.78 is 2.58. The van der Waals surface area contributed by atoms with Crippen molar-refractivity contribution >= 4 is 33.4 Å². The highest BCUT2D eigenvalue weighted by molar-refractivity contribution is 9.10. The predicted octanol–water partition coefficient (Wildman–Crippen LogP) is 2.92. The highest BCUT2D eigenvalue weighted by atomic mass is 79.9. The Hall–Kier alpha value is -1.33. The average Bonchev–Trinajstić information content (AvgIpc) is 2.98. The molecule has 3 rings (SSSR count). The molecule has 4 nitrogen and oxygen atoms in total. The van der Waals surface area contributed by atoms with E-state index in [0.717, 1.165) is 26.3 Å². The molecule has 1 aromatic heterocycles. The lowest BCUT2D eigenvalue weighted by Crippen LogP contribution is -2.27. The molecule has 1 amide bonds. The van der Waals surface area contributed by atoms with Crippen molar-refractivity contribution in [1.82, 2.24) is 14.7 Å². The number of fused-ring (bicyclic) bond motifs is 1. The third kappa shape index (κ3) is 2.36. The van der Waals surface area contributed by atoms with Crippen molar-refractivity contribution in [3.05, 3.63) is 50.7 Å². The van der Waals surface area contributed by atoms with Gasteiger partial charge in [-0.2, -0.15) is 5.10 Å². The van der Waals surface area contributed by atoms with Crippen LogP contribution < -0.4 is 0 Å². The van der Waals surface area contributed by atoms with E-state index in [9.17, 15) is 4.79 Å². The van der Waals surface area contributed by atoms with Gasteiger partial charge in [0.2, 0.25) is 5.91 Å². The smallest absolute Gasteiger partial charge is 0.229 e. The summed E-state index contributed by atoms with van der Waals surface area (Å²) in [6.07, 6.45) is 2.04. The van der Waals surface area contributed by atoms with Gasteiger partial charge in [-0.15, -0.1) is 0 Å². The molecule has 1 aromatic carbocycles. The van der Waals surface area contributed by atoms with Gasteiger partial charge in [-0.1, -0.05) is 23.7 Å². The molecule has 0 unspecified atom stereocenters. The third-order valence-electron chi connectivity index (χ3n) is 3.61. The van der Waals surface area contributed by atoms with Crippen molar-refractivity contribution in [3.63, 3.8) is 0 Å². The normalized spacial score (nSPS) is 13.7.